The van der Waals surface area contributed by atoms with Crippen molar-refractivity contribution < 1.29 is 23.1 Å². The Bertz CT molecular complexity index is 594. The zero-order valence-electron chi connectivity index (χ0n) is 10.0. The number of nitrogens with one attached hydrogen (secondary N) is 1. The lowest BCUT2D eigenvalue weighted by molar-refractivity contribution is -0.137. The topological polar surface area (TPSA) is 85.5 Å². The van der Waals surface area contributed by atoms with Gasteiger partial charge in [-0.2, -0.15) is 18.4 Å². The lowest BCUT2D eigenvalue weighted by atomic mass is 10.1. The number of halogens is 3. The number of nitriles is 1. The van der Waals surface area contributed by atoms with Gasteiger partial charge in [0.15, 0.2) is 11.4 Å². The van der Waals surface area contributed by atoms with Crippen LogP contribution in [-0.4, -0.2) is 22.5 Å². The number of carboxylic acid groups (broad SMARTS) is 1. The van der Waals surface area contributed by atoms with E-state index in [1.165, 1.54) is 6.26 Å². The van der Waals surface area contributed by atoms with Crippen molar-refractivity contribution in [2.45, 2.75) is 6.18 Å². The summed E-state index contributed by atoms with van der Waals surface area (Å²) in [6.45, 7) is 0. The lowest BCUT2D eigenvalue weighted by Crippen LogP contribution is -2.14. The molecule has 0 saturated carbocycles. The van der Waals surface area contributed by atoms with Gasteiger partial charge in [-0.1, -0.05) is 11.8 Å². The first-order valence-corrected chi connectivity index (χ1v) is 6.24. The summed E-state index contributed by atoms with van der Waals surface area (Å²) >= 11 is 0.952. The quantitative estimate of drug-likeness (QED) is 0.380. The molecule has 0 aliphatic carbocycles. The molecule has 1 rings (SSSR count). The number of alkyl halides is 3. The van der Waals surface area contributed by atoms with Crippen molar-refractivity contribution in [3.8, 4) is 6.19 Å². The summed E-state index contributed by atoms with van der Waals surface area (Å²) in [4.78, 5) is 14.4. The number of hydrogen-bond donors (Lipinski definition) is 2. The molecule has 0 heterocycles. The van der Waals surface area contributed by atoms with Crippen LogP contribution in [0.3, 0.4) is 0 Å². The highest BCUT2D eigenvalue weighted by Crippen LogP contribution is 2.37. The molecule has 0 radical (unpaired) electrons. The van der Waals surface area contributed by atoms with Gasteiger partial charge in [0.2, 0.25) is 0 Å². The SMILES string of the molecule is CSC(=Nc1ccc(C(=O)O)cc1C(F)(F)F)NC#N. The molecule has 0 fully saturated rings. The minimum atomic E-state index is -4.75. The van der Waals surface area contributed by atoms with Gasteiger partial charge in [0.1, 0.15) is 0 Å². The number of benzene rings is 1. The fourth-order valence-corrected chi connectivity index (χ4v) is 1.61. The van der Waals surface area contributed by atoms with Gasteiger partial charge in [-0.3, -0.25) is 5.32 Å². The number of carboxylic acids is 1. The van der Waals surface area contributed by atoms with Crippen LogP contribution in [0.25, 0.3) is 0 Å². The van der Waals surface area contributed by atoms with E-state index in [4.69, 9.17) is 10.4 Å². The molecule has 0 aromatic heterocycles. The molecule has 1 aromatic rings. The number of aliphatic imine (C=N–C) groups is 1. The van der Waals surface area contributed by atoms with E-state index in [0.717, 1.165) is 23.9 Å². The average molecular weight is 303 g/mol. The third-order valence-electron chi connectivity index (χ3n) is 2.13. The van der Waals surface area contributed by atoms with Gasteiger partial charge in [-0.05, 0) is 24.5 Å². The van der Waals surface area contributed by atoms with Crippen LogP contribution in [0.1, 0.15) is 15.9 Å². The first-order chi connectivity index (χ1) is 9.29. The van der Waals surface area contributed by atoms with Crippen LogP contribution in [0.5, 0.6) is 0 Å². The van der Waals surface area contributed by atoms with Crippen molar-refractivity contribution in [3.63, 3.8) is 0 Å². The summed E-state index contributed by atoms with van der Waals surface area (Å²) in [5.74, 6) is -1.47. The van der Waals surface area contributed by atoms with Gasteiger partial charge in [-0.15, -0.1) is 0 Å². The molecule has 0 spiro atoms. The molecule has 5 nitrogen and oxygen atoms in total. The Kier molecular flexibility index (Phi) is 4.99. The second kappa shape index (κ2) is 6.29. The Balaban J connectivity index is 3.40. The summed E-state index contributed by atoms with van der Waals surface area (Å²) in [7, 11) is 0. The van der Waals surface area contributed by atoms with E-state index in [0.29, 0.717) is 6.07 Å². The van der Waals surface area contributed by atoms with Crippen LogP contribution < -0.4 is 5.32 Å². The maximum absolute atomic E-state index is 12.9. The van der Waals surface area contributed by atoms with Crippen LogP contribution in [-0.2, 0) is 6.18 Å². The minimum Gasteiger partial charge on any atom is -0.478 e. The van der Waals surface area contributed by atoms with Crippen LogP contribution in [0, 0.1) is 11.5 Å². The molecule has 106 valence electrons. The molecule has 0 aliphatic heterocycles. The second-order valence-corrected chi connectivity index (χ2v) is 4.19. The van der Waals surface area contributed by atoms with E-state index < -0.39 is 29.0 Å². The van der Waals surface area contributed by atoms with Crippen molar-refractivity contribution in [3.05, 3.63) is 29.3 Å². The van der Waals surface area contributed by atoms with Gasteiger partial charge in [0.25, 0.3) is 0 Å². The highest BCUT2D eigenvalue weighted by atomic mass is 32.2. The molecule has 0 saturated heterocycles. The number of aromatic carboxylic acids is 1. The summed E-state index contributed by atoms with van der Waals surface area (Å²) in [5.41, 5.74) is -2.13. The third kappa shape index (κ3) is 3.89. The highest BCUT2D eigenvalue weighted by molar-refractivity contribution is 8.13. The van der Waals surface area contributed by atoms with Crippen LogP contribution >= 0.6 is 11.8 Å². The normalized spacial score (nSPS) is 11.8. The molecular weight excluding hydrogens is 295 g/mol. The molecule has 1 aromatic carbocycles. The summed E-state index contributed by atoms with van der Waals surface area (Å²) < 4.78 is 38.6. The monoisotopic (exact) mass is 303 g/mol. The number of carbonyl (C=O) groups is 1. The largest absolute Gasteiger partial charge is 0.478 e. The van der Waals surface area contributed by atoms with E-state index in [1.54, 1.807) is 6.19 Å². The van der Waals surface area contributed by atoms with E-state index in [9.17, 15) is 18.0 Å². The molecule has 9 heteroatoms. The Morgan fingerprint density at radius 1 is 1.50 bits per heavy atom. The maximum Gasteiger partial charge on any atom is 0.418 e. The van der Waals surface area contributed by atoms with Gasteiger partial charge in [0, 0.05) is 0 Å². The second-order valence-electron chi connectivity index (χ2n) is 3.39. The van der Waals surface area contributed by atoms with E-state index in [2.05, 4.69) is 10.3 Å². The Labute approximate surface area is 116 Å². The number of amidine groups is 1. The van der Waals surface area contributed by atoms with Gasteiger partial charge in [-0.25, -0.2) is 9.79 Å². The summed E-state index contributed by atoms with van der Waals surface area (Å²) in [6, 6.07) is 2.47. The van der Waals surface area contributed by atoms with Crippen molar-refractivity contribution in [1.82, 2.24) is 5.32 Å². The van der Waals surface area contributed by atoms with Gasteiger partial charge < -0.3 is 5.11 Å². The Morgan fingerprint density at radius 3 is 2.60 bits per heavy atom. The fraction of sp³-hybridized carbons (Fsp3) is 0.182. The van der Waals surface area contributed by atoms with Crippen LogP contribution in [0.4, 0.5) is 18.9 Å². The molecule has 0 atom stereocenters. The Hall–Kier alpha value is -2.21. The van der Waals surface area contributed by atoms with E-state index in [1.807, 2.05) is 0 Å². The van der Waals surface area contributed by atoms with Crippen LogP contribution in [0.2, 0.25) is 0 Å². The number of rotatable bonds is 2. The molecule has 0 unspecified atom stereocenters. The Morgan fingerprint density at radius 2 is 2.15 bits per heavy atom. The molecule has 0 amide bonds. The first-order valence-electron chi connectivity index (χ1n) is 5.02. The van der Waals surface area contributed by atoms with Crippen LogP contribution in [0.15, 0.2) is 23.2 Å². The zero-order valence-corrected chi connectivity index (χ0v) is 10.8. The van der Waals surface area contributed by atoms with Crippen molar-refractivity contribution in [1.29, 1.82) is 5.26 Å². The predicted octanol–water partition coefficient (Wildman–Crippen LogP) is 2.82. The highest BCUT2D eigenvalue weighted by Gasteiger charge is 2.34. The number of nitrogens with zero attached hydrogens (tertiary/aromatic N) is 2. The molecule has 0 bridgehead atoms. The standard InChI is InChI=1S/C11H8F3N3O2S/c1-20-10(16-5-15)17-8-3-2-6(9(18)19)4-7(8)11(12,13)14/h2-4H,1H3,(H,16,17)(H,18,19). The number of thioether (sulfide) groups is 1. The van der Waals surface area contributed by atoms with Crippen molar-refractivity contribution in [2.75, 3.05) is 6.26 Å². The number of hydrogen-bond acceptors (Lipinski definition) is 4. The molecule has 0 aliphatic rings. The smallest absolute Gasteiger partial charge is 0.418 e. The average Bonchev–Trinajstić information content (AvgIpc) is 2.37. The van der Waals surface area contributed by atoms with E-state index in [-0.39, 0.29) is 5.17 Å². The summed E-state index contributed by atoms with van der Waals surface area (Å²) in [5, 5.41) is 19.3. The zero-order chi connectivity index (χ0) is 15.3. The van der Waals surface area contributed by atoms with E-state index >= 15 is 0 Å². The van der Waals surface area contributed by atoms with Gasteiger partial charge >= 0.3 is 12.1 Å². The van der Waals surface area contributed by atoms with Crippen molar-refractivity contribution >= 4 is 28.6 Å². The minimum absolute atomic E-state index is 0.0268. The van der Waals surface area contributed by atoms with Gasteiger partial charge in [0.05, 0.1) is 16.8 Å². The predicted molar refractivity (Wildman–Crippen MR) is 67.8 cm³/mol. The summed E-state index contributed by atoms with van der Waals surface area (Å²) in [6.07, 6.45) is -1.67. The molecule has 20 heavy (non-hydrogen) atoms. The third-order valence-corrected chi connectivity index (χ3v) is 2.71. The molecule has 2 N–H and O–H groups in total. The first kappa shape index (κ1) is 15.8. The van der Waals surface area contributed by atoms with Crippen molar-refractivity contribution in [2.24, 2.45) is 4.99 Å². The molecular formula is C11H8F3N3O2S. The lowest BCUT2D eigenvalue weighted by Gasteiger charge is -2.11. The fourth-order valence-electron chi connectivity index (χ4n) is 1.28. The maximum atomic E-state index is 12.9.